The molecule has 1 aromatic heterocycles. The highest BCUT2D eigenvalue weighted by molar-refractivity contribution is 14.0. The molecule has 0 saturated carbocycles. The molecule has 126 valence electrons. The maximum absolute atomic E-state index is 5.53. The quantitative estimate of drug-likeness (QED) is 0.437. The van der Waals surface area contributed by atoms with Gasteiger partial charge in [-0.25, -0.2) is 0 Å². The monoisotopic (exact) mass is 420 g/mol. The summed E-state index contributed by atoms with van der Waals surface area (Å²) in [6, 6.07) is 6.00. The van der Waals surface area contributed by atoms with Gasteiger partial charge in [0.25, 0.3) is 0 Å². The number of guanidine groups is 1. The van der Waals surface area contributed by atoms with Gasteiger partial charge in [0.2, 0.25) is 0 Å². The third kappa shape index (κ3) is 7.40. The number of aliphatic imine (C=N–C) groups is 1. The van der Waals surface area contributed by atoms with Crippen LogP contribution in [0.15, 0.2) is 23.2 Å². The van der Waals surface area contributed by atoms with Crippen LogP contribution < -0.4 is 10.6 Å². The number of ether oxygens (including phenoxy) is 1. The standard InChI is InChI=1S/C16H28N4O.HI/c1-12-8-7-9-13(20-12)10-18-15(17-5)19-11-14(21-6)16(2,3)4;/h7-9,14H,10-11H2,1-6H3,(H2,17,18,19);1H. The SMILES string of the molecule is CN=C(NCc1cccc(C)n1)NCC(OC)C(C)(C)C.I. The second-order valence-electron chi connectivity index (χ2n) is 6.17. The van der Waals surface area contributed by atoms with E-state index < -0.39 is 0 Å². The van der Waals surface area contributed by atoms with E-state index >= 15 is 0 Å². The highest BCUT2D eigenvalue weighted by Crippen LogP contribution is 2.20. The van der Waals surface area contributed by atoms with Gasteiger partial charge in [0.05, 0.1) is 18.3 Å². The number of methoxy groups -OCH3 is 1. The average Bonchev–Trinajstić information content (AvgIpc) is 2.41. The van der Waals surface area contributed by atoms with Gasteiger partial charge in [-0.15, -0.1) is 24.0 Å². The van der Waals surface area contributed by atoms with Crippen LogP contribution in [0, 0.1) is 12.3 Å². The lowest BCUT2D eigenvalue weighted by molar-refractivity contribution is 0.0205. The Kier molecular flexibility index (Phi) is 9.59. The molecule has 0 spiro atoms. The topological polar surface area (TPSA) is 58.5 Å². The van der Waals surface area contributed by atoms with Gasteiger partial charge in [-0.3, -0.25) is 9.98 Å². The first-order valence-corrected chi connectivity index (χ1v) is 7.26. The van der Waals surface area contributed by atoms with Crippen molar-refractivity contribution in [3.05, 3.63) is 29.6 Å². The minimum absolute atomic E-state index is 0. The first-order chi connectivity index (χ1) is 9.86. The molecule has 0 aromatic carbocycles. The Hall–Kier alpha value is -0.890. The summed E-state index contributed by atoms with van der Waals surface area (Å²) >= 11 is 0. The van der Waals surface area contributed by atoms with E-state index in [0.717, 1.165) is 17.3 Å². The summed E-state index contributed by atoms with van der Waals surface area (Å²) in [7, 11) is 3.50. The smallest absolute Gasteiger partial charge is 0.191 e. The Labute approximate surface area is 151 Å². The van der Waals surface area contributed by atoms with E-state index in [1.54, 1.807) is 14.2 Å². The van der Waals surface area contributed by atoms with Gasteiger partial charge in [-0.2, -0.15) is 0 Å². The molecule has 0 aliphatic carbocycles. The molecule has 1 rings (SSSR count). The van der Waals surface area contributed by atoms with Crippen LogP contribution in [0.3, 0.4) is 0 Å². The molecule has 1 atom stereocenters. The summed E-state index contributed by atoms with van der Waals surface area (Å²) < 4.78 is 5.53. The fourth-order valence-electron chi connectivity index (χ4n) is 2.03. The molecule has 0 aliphatic rings. The third-order valence-electron chi connectivity index (χ3n) is 3.31. The predicted octanol–water partition coefficient (Wildman–Crippen LogP) is 2.73. The third-order valence-corrected chi connectivity index (χ3v) is 3.31. The highest BCUT2D eigenvalue weighted by atomic mass is 127. The molecule has 1 aromatic rings. The molecule has 6 heteroatoms. The van der Waals surface area contributed by atoms with Crippen molar-refractivity contribution in [3.8, 4) is 0 Å². The summed E-state index contributed by atoms with van der Waals surface area (Å²) in [6.45, 7) is 9.83. The van der Waals surface area contributed by atoms with Gasteiger partial charge in [0.15, 0.2) is 5.96 Å². The van der Waals surface area contributed by atoms with Gasteiger partial charge in [0, 0.05) is 26.4 Å². The maximum atomic E-state index is 5.53. The van der Waals surface area contributed by atoms with E-state index in [-0.39, 0.29) is 35.5 Å². The number of aryl methyl sites for hydroxylation is 1. The van der Waals surface area contributed by atoms with Gasteiger partial charge in [0.1, 0.15) is 0 Å². The number of hydrogen-bond donors (Lipinski definition) is 2. The van der Waals surface area contributed by atoms with E-state index in [1.165, 1.54) is 0 Å². The zero-order valence-electron chi connectivity index (χ0n) is 14.4. The van der Waals surface area contributed by atoms with E-state index in [1.807, 2.05) is 25.1 Å². The Bertz CT molecular complexity index is 471. The number of hydrogen-bond acceptors (Lipinski definition) is 3. The van der Waals surface area contributed by atoms with Crippen molar-refractivity contribution < 1.29 is 4.74 Å². The van der Waals surface area contributed by atoms with Crippen molar-refractivity contribution >= 4 is 29.9 Å². The van der Waals surface area contributed by atoms with Crippen molar-refractivity contribution in [2.45, 2.75) is 40.3 Å². The lowest BCUT2D eigenvalue weighted by atomic mass is 9.89. The van der Waals surface area contributed by atoms with Crippen LogP contribution in [0.2, 0.25) is 0 Å². The molecule has 5 nitrogen and oxygen atoms in total. The van der Waals surface area contributed by atoms with Crippen LogP contribution in [0.5, 0.6) is 0 Å². The summed E-state index contributed by atoms with van der Waals surface area (Å²) in [4.78, 5) is 8.69. The van der Waals surface area contributed by atoms with Crippen molar-refractivity contribution in [1.29, 1.82) is 0 Å². The molecular weight excluding hydrogens is 391 g/mol. The lowest BCUT2D eigenvalue weighted by Crippen LogP contribution is -2.45. The van der Waals surface area contributed by atoms with Gasteiger partial charge in [-0.1, -0.05) is 26.8 Å². The van der Waals surface area contributed by atoms with E-state index in [0.29, 0.717) is 13.1 Å². The zero-order chi connectivity index (χ0) is 15.9. The van der Waals surface area contributed by atoms with E-state index in [9.17, 15) is 0 Å². The van der Waals surface area contributed by atoms with Crippen LogP contribution in [0.1, 0.15) is 32.2 Å². The summed E-state index contributed by atoms with van der Waals surface area (Å²) in [5.74, 6) is 0.754. The predicted molar refractivity (Wildman–Crippen MR) is 103 cm³/mol. The second-order valence-corrected chi connectivity index (χ2v) is 6.17. The molecule has 0 saturated heterocycles. The zero-order valence-corrected chi connectivity index (χ0v) is 16.8. The molecule has 22 heavy (non-hydrogen) atoms. The molecule has 0 fully saturated rings. The van der Waals surface area contributed by atoms with Crippen LogP contribution in [-0.4, -0.2) is 37.7 Å². The Morgan fingerprint density at radius 2 is 2.00 bits per heavy atom. The second kappa shape index (κ2) is 9.99. The number of nitrogens with zero attached hydrogens (tertiary/aromatic N) is 2. The van der Waals surface area contributed by atoms with Crippen LogP contribution in [0.4, 0.5) is 0 Å². The van der Waals surface area contributed by atoms with Crippen LogP contribution in [0.25, 0.3) is 0 Å². The van der Waals surface area contributed by atoms with Crippen molar-refractivity contribution in [2.75, 3.05) is 20.7 Å². The number of halogens is 1. The Morgan fingerprint density at radius 1 is 1.32 bits per heavy atom. The summed E-state index contributed by atoms with van der Waals surface area (Å²) in [6.07, 6.45) is 0.119. The number of pyridine rings is 1. The minimum Gasteiger partial charge on any atom is -0.379 e. The maximum Gasteiger partial charge on any atom is 0.191 e. The van der Waals surface area contributed by atoms with Crippen molar-refractivity contribution in [2.24, 2.45) is 10.4 Å². The van der Waals surface area contributed by atoms with Gasteiger partial charge in [-0.05, 0) is 24.5 Å². The molecule has 1 unspecified atom stereocenters. The highest BCUT2D eigenvalue weighted by Gasteiger charge is 2.24. The Balaban J connectivity index is 0.00000441. The molecular formula is C16H29IN4O. The lowest BCUT2D eigenvalue weighted by Gasteiger charge is -2.30. The normalized spacial score (nSPS) is 13.3. The number of rotatable bonds is 5. The summed E-state index contributed by atoms with van der Waals surface area (Å²) in [5, 5.41) is 6.56. The van der Waals surface area contributed by atoms with Crippen LogP contribution >= 0.6 is 24.0 Å². The fraction of sp³-hybridized carbons (Fsp3) is 0.625. The first-order valence-electron chi connectivity index (χ1n) is 7.26. The van der Waals surface area contributed by atoms with Gasteiger partial charge < -0.3 is 15.4 Å². The molecule has 0 aliphatic heterocycles. The van der Waals surface area contributed by atoms with Crippen molar-refractivity contribution in [3.63, 3.8) is 0 Å². The molecule has 0 radical (unpaired) electrons. The molecule has 1 heterocycles. The minimum atomic E-state index is 0. The first kappa shape index (κ1) is 21.1. The van der Waals surface area contributed by atoms with E-state index in [4.69, 9.17) is 4.74 Å². The fourth-order valence-corrected chi connectivity index (χ4v) is 2.03. The van der Waals surface area contributed by atoms with Crippen molar-refractivity contribution in [1.82, 2.24) is 15.6 Å². The average molecular weight is 420 g/mol. The summed E-state index contributed by atoms with van der Waals surface area (Å²) in [5.41, 5.74) is 2.10. The largest absolute Gasteiger partial charge is 0.379 e. The van der Waals surface area contributed by atoms with E-state index in [2.05, 4.69) is 41.4 Å². The molecule has 0 bridgehead atoms. The number of nitrogens with one attached hydrogen (secondary N) is 2. The molecule has 0 amide bonds. The number of aromatic nitrogens is 1. The molecule has 2 N–H and O–H groups in total. The Morgan fingerprint density at radius 3 is 2.50 bits per heavy atom. The van der Waals surface area contributed by atoms with Crippen LogP contribution in [-0.2, 0) is 11.3 Å². The van der Waals surface area contributed by atoms with Gasteiger partial charge >= 0.3 is 0 Å².